The minimum atomic E-state index is -0.0382. The lowest BCUT2D eigenvalue weighted by Gasteiger charge is -2.35. The maximum atomic E-state index is 13.2. The zero-order chi connectivity index (χ0) is 23.2. The van der Waals surface area contributed by atoms with Gasteiger partial charge in [0.15, 0.2) is 5.16 Å². The summed E-state index contributed by atoms with van der Waals surface area (Å²) in [7, 11) is 1.59. The van der Waals surface area contributed by atoms with Crippen LogP contribution in [0.15, 0.2) is 53.8 Å². The molecule has 0 aliphatic carbocycles. The highest BCUT2D eigenvalue weighted by Gasteiger charge is 2.24. The van der Waals surface area contributed by atoms with Crippen LogP contribution in [-0.4, -0.2) is 65.3 Å². The Morgan fingerprint density at radius 3 is 2.61 bits per heavy atom. The van der Waals surface area contributed by atoms with E-state index in [9.17, 15) is 4.79 Å². The number of piperazine rings is 1. The van der Waals surface area contributed by atoms with E-state index in [1.54, 1.807) is 37.6 Å². The monoisotopic (exact) mass is 479 g/mol. The highest BCUT2D eigenvalue weighted by molar-refractivity contribution is 7.98. The minimum Gasteiger partial charge on any atom is -0.495 e. The predicted octanol–water partition coefficient (Wildman–Crippen LogP) is 3.62. The summed E-state index contributed by atoms with van der Waals surface area (Å²) < 4.78 is 5.43. The summed E-state index contributed by atoms with van der Waals surface area (Å²) >= 11 is 7.58. The van der Waals surface area contributed by atoms with Crippen molar-refractivity contribution in [1.29, 1.82) is 0 Å². The number of rotatable bonds is 4. The van der Waals surface area contributed by atoms with E-state index in [4.69, 9.17) is 16.3 Å². The van der Waals surface area contributed by atoms with Crippen molar-refractivity contribution in [3.05, 3.63) is 70.6 Å². The molecule has 0 unspecified atom stereocenters. The van der Waals surface area contributed by atoms with Gasteiger partial charge in [-0.3, -0.25) is 4.79 Å². The summed E-state index contributed by atoms with van der Waals surface area (Å²) in [5.41, 5.74) is 1.87. The molecule has 1 amide bonds. The van der Waals surface area contributed by atoms with E-state index in [0.29, 0.717) is 59.1 Å². The van der Waals surface area contributed by atoms with Crippen molar-refractivity contribution >= 4 is 35.1 Å². The van der Waals surface area contributed by atoms with Crippen LogP contribution in [0.3, 0.4) is 0 Å². The number of hydrogen-bond acceptors (Lipinski definition) is 7. The van der Waals surface area contributed by atoms with Gasteiger partial charge in [-0.2, -0.15) is 0 Å². The van der Waals surface area contributed by atoms with Crippen LogP contribution in [0.2, 0.25) is 5.15 Å². The second kappa shape index (κ2) is 10.6. The zero-order valence-electron chi connectivity index (χ0n) is 18.3. The molecule has 2 aromatic heterocycles. The fraction of sp³-hybridized carbons (Fsp3) is 0.250. The number of ether oxygens (including phenoxy) is 1. The molecule has 4 rings (SSSR count). The molecule has 168 valence electrons. The Morgan fingerprint density at radius 1 is 1.09 bits per heavy atom. The highest BCUT2D eigenvalue weighted by Crippen LogP contribution is 2.23. The number of methoxy groups -OCH3 is 1. The van der Waals surface area contributed by atoms with Gasteiger partial charge in [0.1, 0.15) is 22.4 Å². The van der Waals surface area contributed by atoms with Crippen molar-refractivity contribution in [3.8, 4) is 17.6 Å². The number of amides is 1. The molecule has 0 N–H and O–H groups in total. The molecule has 1 fully saturated rings. The molecule has 0 radical (unpaired) electrons. The first-order valence-electron chi connectivity index (χ1n) is 10.3. The van der Waals surface area contributed by atoms with E-state index in [2.05, 4.69) is 31.7 Å². The number of carbonyl (C=O) groups excluding carboxylic acids is 1. The van der Waals surface area contributed by atoms with Gasteiger partial charge in [0, 0.05) is 44.0 Å². The molecular weight excluding hydrogens is 458 g/mol. The average Bonchev–Trinajstić information content (AvgIpc) is 2.87. The van der Waals surface area contributed by atoms with E-state index >= 15 is 0 Å². The first-order valence-corrected chi connectivity index (χ1v) is 11.9. The van der Waals surface area contributed by atoms with Crippen LogP contribution in [0.4, 0.5) is 5.82 Å². The van der Waals surface area contributed by atoms with Crippen LogP contribution in [0.1, 0.15) is 21.6 Å². The van der Waals surface area contributed by atoms with Crippen molar-refractivity contribution in [2.45, 2.75) is 5.16 Å². The molecule has 3 heterocycles. The van der Waals surface area contributed by atoms with Crippen molar-refractivity contribution in [3.63, 3.8) is 0 Å². The van der Waals surface area contributed by atoms with Gasteiger partial charge in [-0.1, -0.05) is 35.3 Å². The predicted molar refractivity (Wildman–Crippen MR) is 130 cm³/mol. The number of aromatic nitrogens is 3. The van der Waals surface area contributed by atoms with Crippen molar-refractivity contribution < 1.29 is 9.53 Å². The van der Waals surface area contributed by atoms with Crippen LogP contribution in [0.25, 0.3) is 0 Å². The summed E-state index contributed by atoms with van der Waals surface area (Å²) in [6.45, 7) is 2.48. The quantitative estimate of drug-likeness (QED) is 0.245. The Morgan fingerprint density at radius 2 is 1.91 bits per heavy atom. The Labute approximate surface area is 202 Å². The molecule has 1 saturated heterocycles. The molecule has 1 aliphatic rings. The topological polar surface area (TPSA) is 71.5 Å². The van der Waals surface area contributed by atoms with E-state index < -0.39 is 0 Å². The number of anilines is 1. The summed E-state index contributed by atoms with van der Waals surface area (Å²) in [4.78, 5) is 30.1. The molecule has 7 nitrogen and oxygen atoms in total. The van der Waals surface area contributed by atoms with E-state index in [-0.39, 0.29) is 5.91 Å². The molecule has 0 atom stereocenters. The molecule has 0 spiro atoms. The largest absolute Gasteiger partial charge is 0.495 e. The van der Waals surface area contributed by atoms with Gasteiger partial charge in [0.2, 0.25) is 0 Å². The summed E-state index contributed by atoms with van der Waals surface area (Å²) in [6.07, 6.45) is 3.61. The summed E-state index contributed by atoms with van der Waals surface area (Å²) in [6, 6.07) is 12.6. The SMILES string of the molecule is COc1ccc(C(=O)N2CCN(c3cc(Cl)nc(SC)n3)CC2)cc1C#Cc1ccccn1. The van der Waals surface area contributed by atoms with Gasteiger partial charge in [-0.25, -0.2) is 15.0 Å². The highest BCUT2D eigenvalue weighted by atomic mass is 35.5. The summed E-state index contributed by atoms with van der Waals surface area (Å²) in [5.74, 6) is 7.46. The molecule has 0 saturated carbocycles. The number of hydrogen-bond donors (Lipinski definition) is 0. The number of halogens is 1. The second-order valence-electron chi connectivity index (χ2n) is 7.19. The Bertz CT molecular complexity index is 1200. The molecule has 1 aliphatic heterocycles. The number of benzene rings is 1. The Kier molecular flexibility index (Phi) is 7.33. The number of nitrogens with zero attached hydrogens (tertiary/aromatic N) is 5. The van der Waals surface area contributed by atoms with Crippen LogP contribution < -0.4 is 9.64 Å². The lowest BCUT2D eigenvalue weighted by atomic mass is 10.1. The third-order valence-corrected chi connectivity index (χ3v) is 5.91. The fourth-order valence-corrected chi connectivity index (χ4v) is 4.07. The zero-order valence-corrected chi connectivity index (χ0v) is 19.9. The molecule has 9 heteroatoms. The summed E-state index contributed by atoms with van der Waals surface area (Å²) in [5, 5.41) is 1.05. The lowest BCUT2D eigenvalue weighted by Crippen LogP contribution is -2.49. The van der Waals surface area contributed by atoms with Gasteiger partial charge >= 0.3 is 0 Å². The van der Waals surface area contributed by atoms with Gasteiger partial charge in [-0.05, 0) is 42.5 Å². The van der Waals surface area contributed by atoms with Gasteiger partial charge in [0.05, 0.1) is 12.7 Å². The van der Waals surface area contributed by atoms with Crippen LogP contribution >= 0.6 is 23.4 Å². The standard InChI is InChI=1S/C24H22ClN5O2S/c1-32-20-9-7-18(15-17(20)6-8-19-5-3-4-10-26-19)23(31)30-13-11-29(12-14-30)22-16-21(25)27-24(28-22)33-2/h3-5,7,9-10,15-16H,11-14H2,1-2H3. The number of thioether (sulfide) groups is 1. The molecule has 1 aromatic carbocycles. The first kappa shape index (κ1) is 22.9. The number of carbonyl (C=O) groups is 1. The van der Waals surface area contributed by atoms with Crippen molar-refractivity contribution in [1.82, 2.24) is 19.9 Å². The maximum Gasteiger partial charge on any atom is 0.254 e. The molecule has 33 heavy (non-hydrogen) atoms. The fourth-order valence-electron chi connectivity index (χ4n) is 3.47. The van der Waals surface area contributed by atoms with E-state index in [0.717, 1.165) is 5.82 Å². The van der Waals surface area contributed by atoms with Crippen LogP contribution in [0, 0.1) is 11.8 Å². The van der Waals surface area contributed by atoms with Crippen molar-refractivity contribution in [2.24, 2.45) is 0 Å². The Balaban J connectivity index is 1.48. The van der Waals surface area contributed by atoms with Gasteiger partial charge in [0.25, 0.3) is 5.91 Å². The van der Waals surface area contributed by atoms with Gasteiger partial charge < -0.3 is 14.5 Å². The van der Waals surface area contributed by atoms with Gasteiger partial charge in [-0.15, -0.1) is 0 Å². The maximum absolute atomic E-state index is 13.2. The Hall–Kier alpha value is -3.28. The first-order chi connectivity index (χ1) is 16.1. The third-order valence-electron chi connectivity index (χ3n) is 5.17. The second-order valence-corrected chi connectivity index (χ2v) is 8.36. The van der Waals surface area contributed by atoms with Crippen molar-refractivity contribution in [2.75, 3.05) is 44.4 Å². The number of pyridine rings is 1. The average molecular weight is 480 g/mol. The van der Waals surface area contributed by atoms with Crippen LogP contribution in [0.5, 0.6) is 5.75 Å². The molecular formula is C24H22ClN5O2S. The normalized spacial score (nSPS) is 13.3. The van der Waals surface area contributed by atoms with E-state index in [1.165, 1.54) is 11.8 Å². The van der Waals surface area contributed by atoms with Crippen LogP contribution in [-0.2, 0) is 0 Å². The minimum absolute atomic E-state index is 0.0382. The van der Waals surface area contributed by atoms with E-state index in [1.807, 2.05) is 29.4 Å². The lowest BCUT2D eigenvalue weighted by molar-refractivity contribution is 0.0746. The smallest absolute Gasteiger partial charge is 0.254 e. The molecule has 0 bridgehead atoms. The third kappa shape index (κ3) is 5.56. The molecule has 3 aromatic rings.